The highest BCUT2D eigenvalue weighted by Crippen LogP contribution is 2.36. The molecule has 1 N–H and O–H groups in total. The summed E-state index contributed by atoms with van der Waals surface area (Å²) in [5.41, 5.74) is 3.24. The molecule has 0 aliphatic heterocycles. The molecule has 5 heteroatoms. The molecule has 0 fully saturated rings. The summed E-state index contributed by atoms with van der Waals surface area (Å²) in [6.07, 6.45) is 5.90. The maximum atomic E-state index is 10.3. The lowest BCUT2D eigenvalue weighted by atomic mass is 10.0. The van der Waals surface area contributed by atoms with Crippen LogP contribution in [0, 0.1) is 0 Å². The quantitative estimate of drug-likeness (QED) is 0.472. The van der Waals surface area contributed by atoms with Gasteiger partial charge in [-0.05, 0) is 66.4 Å². The summed E-state index contributed by atoms with van der Waals surface area (Å²) in [6, 6.07) is 14.5. The molecule has 140 valence electrons. The first kappa shape index (κ1) is 19.5. The van der Waals surface area contributed by atoms with Crippen LogP contribution >= 0.6 is 23.2 Å². The van der Waals surface area contributed by atoms with Gasteiger partial charge in [-0.25, -0.2) is 0 Å². The Balaban J connectivity index is 1.73. The zero-order chi connectivity index (χ0) is 19.2. The average molecular weight is 402 g/mol. The van der Waals surface area contributed by atoms with Crippen molar-refractivity contribution in [3.05, 3.63) is 81.6 Å². The molecular formula is C22H21Cl2NO2. The molecule has 0 unspecified atom stereocenters. The number of phenolic OH excluding ortho intramolecular Hbond substituents is 1. The fourth-order valence-electron chi connectivity index (χ4n) is 2.81. The third-order valence-electron chi connectivity index (χ3n) is 4.22. The number of aryl methyl sites for hydroxylation is 1. The van der Waals surface area contributed by atoms with E-state index in [9.17, 15) is 5.11 Å². The predicted octanol–water partition coefficient (Wildman–Crippen LogP) is 6.82. The van der Waals surface area contributed by atoms with Gasteiger partial charge in [0.1, 0.15) is 5.75 Å². The number of hydrogen-bond donors (Lipinski definition) is 1. The molecule has 3 rings (SSSR count). The summed E-state index contributed by atoms with van der Waals surface area (Å²) in [6.45, 7) is 2.19. The Bertz CT molecular complexity index is 928. The van der Waals surface area contributed by atoms with Crippen molar-refractivity contribution < 1.29 is 9.84 Å². The number of unbranched alkanes of at least 4 members (excludes halogenated alkanes) is 1. The normalized spacial score (nSPS) is 10.8. The summed E-state index contributed by atoms with van der Waals surface area (Å²) < 4.78 is 5.71. The van der Waals surface area contributed by atoms with Gasteiger partial charge >= 0.3 is 0 Å². The van der Waals surface area contributed by atoms with Gasteiger partial charge in [0, 0.05) is 23.3 Å². The van der Waals surface area contributed by atoms with Crippen LogP contribution in [0.1, 0.15) is 36.6 Å². The lowest BCUT2D eigenvalue weighted by molar-refractivity contribution is 0.411. The topological polar surface area (TPSA) is 42.4 Å². The number of benzene rings is 2. The number of halogens is 2. The molecular weight excluding hydrogens is 381 g/mol. The van der Waals surface area contributed by atoms with Crippen molar-refractivity contribution >= 4 is 23.2 Å². The van der Waals surface area contributed by atoms with Crippen LogP contribution in [-0.4, -0.2) is 10.1 Å². The van der Waals surface area contributed by atoms with Crippen molar-refractivity contribution in [2.75, 3.05) is 0 Å². The van der Waals surface area contributed by atoms with Crippen LogP contribution < -0.4 is 4.74 Å². The van der Waals surface area contributed by atoms with Gasteiger partial charge < -0.3 is 9.84 Å². The fraction of sp³-hybridized carbons (Fsp3) is 0.227. The third kappa shape index (κ3) is 5.38. The molecule has 0 spiro atoms. The van der Waals surface area contributed by atoms with Crippen molar-refractivity contribution in [3.8, 4) is 17.2 Å². The first-order chi connectivity index (χ1) is 13.0. The highest BCUT2D eigenvalue weighted by Gasteiger charge is 2.09. The van der Waals surface area contributed by atoms with E-state index >= 15 is 0 Å². The molecule has 0 saturated heterocycles. The van der Waals surface area contributed by atoms with Crippen molar-refractivity contribution in [3.63, 3.8) is 0 Å². The number of nitrogens with zero attached hydrogens (tertiary/aromatic N) is 1. The van der Waals surface area contributed by atoms with Gasteiger partial charge in [-0.15, -0.1) is 0 Å². The largest absolute Gasteiger partial charge is 0.504 e. The van der Waals surface area contributed by atoms with Gasteiger partial charge in [-0.3, -0.25) is 4.98 Å². The molecule has 3 nitrogen and oxygen atoms in total. The van der Waals surface area contributed by atoms with E-state index in [0.29, 0.717) is 28.0 Å². The second-order valence-corrected chi connectivity index (χ2v) is 7.26. The highest BCUT2D eigenvalue weighted by atomic mass is 35.5. The summed E-state index contributed by atoms with van der Waals surface area (Å²) in [4.78, 5) is 4.44. The second kappa shape index (κ2) is 9.12. The molecule has 0 radical (unpaired) electrons. The van der Waals surface area contributed by atoms with E-state index in [-0.39, 0.29) is 5.75 Å². The minimum atomic E-state index is 0.0562. The van der Waals surface area contributed by atoms with Gasteiger partial charge in [0.2, 0.25) is 0 Å². The van der Waals surface area contributed by atoms with Crippen LogP contribution in [0.15, 0.2) is 54.7 Å². The van der Waals surface area contributed by atoms with Crippen LogP contribution in [0.25, 0.3) is 0 Å². The fourth-order valence-corrected chi connectivity index (χ4v) is 3.25. The zero-order valence-electron chi connectivity index (χ0n) is 15.1. The van der Waals surface area contributed by atoms with E-state index in [0.717, 1.165) is 17.7 Å². The van der Waals surface area contributed by atoms with Crippen LogP contribution in [0.2, 0.25) is 10.0 Å². The first-order valence-electron chi connectivity index (χ1n) is 8.93. The molecule has 0 aliphatic carbocycles. The van der Waals surface area contributed by atoms with Gasteiger partial charge in [0.25, 0.3) is 0 Å². The number of aromatic nitrogens is 1. The van der Waals surface area contributed by atoms with E-state index in [1.807, 2.05) is 12.3 Å². The van der Waals surface area contributed by atoms with E-state index in [4.69, 9.17) is 27.9 Å². The third-order valence-corrected chi connectivity index (χ3v) is 4.75. The summed E-state index contributed by atoms with van der Waals surface area (Å²) in [5, 5.41) is 11.2. The SMILES string of the molecule is CCCCc1ccnc(Cc2ccc(Oc3ccc(Cl)cc3Cl)c(O)c2)c1. The molecule has 0 atom stereocenters. The van der Waals surface area contributed by atoms with Gasteiger partial charge in [-0.2, -0.15) is 0 Å². The molecule has 27 heavy (non-hydrogen) atoms. The maximum absolute atomic E-state index is 10.3. The van der Waals surface area contributed by atoms with Crippen LogP contribution in [-0.2, 0) is 12.8 Å². The average Bonchev–Trinajstić information content (AvgIpc) is 2.64. The van der Waals surface area contributed by atoms with Gasteiger partial charge in [0.15, 0.2) is 11.5 Å². The number of ether oxygens (including phenoxy) is 1. The van der Waals surface area contributed by atoms with Crippen LogP contribution in [0.3, 0.4) is 0 Å². The number of rotatable bonds is 7. The number of hydrogen-bond acceptors (Lipinski definition) is 3. The van der Waals surface area contributed by atoms with Crippen LogP contribution in [0.4, 0.5) is 0 Å². The summed E-state index contributed by atoms with van der Waals surface area (Å²) >= 11 is 12.0. The minimum absolute atomic E-state index is 0.0562. The Morgan fingerprint density at radius 2 is 1.78 bits per heavy atom. The standard InChI is InChI=1S/C22H21Cl2NO2/c1-2-3-4-15-9-10-25-18(11-15)12-16-5-7-22(20(26)13-16)27-21-8-6-17(23)14-19(21)24/h5-11,13-14,26H,2-4,12H2,1H3. The lowest BCUT2D eigenvalue weighted by Gasteiger charge is -2.11. The van der Waals surface area contributed by atoms with Crippen molar-refractivity contribution in [1.82, 2.24) is 4.98 Å². The molecule has 0 saturated carbocycles. The Labute approximate surface area is 169 Å². The molecule has 1 aromatic heterocycles. The molecule has 0 aliphatic rings. The Hall–Kier alpha value is -2.23. The van der Waals surface area contributed by atoms with Crippen molar-refractivity contribution in [2.45, 2.75) is 32.6 Å². The van der Waals surface area contributed by atoms with E-state index in [1.54, 1.807) is 30.3 Å². The second-order valence-electron chi connectivity index (χ2n) is 6.41. The minimum Gasteiger partial charge on any atom is -0.504 e. The highest BCUT2D eigenvalue weighted by molar-refractivity contribution is 6.35. The smallest absolute Gasteiger partial charge is 0.169 e. The Morgan fingerprint density at radius 1 is 0.963 bits per heavy atom. The number of pyridine rings is 1. The lowest BCUT2D eigenvalue weighted by Crippen LogP contribution is -1.95. The van der Waals surface area contributed by atoms with Crippen LogP contribution in [0.5, 0.6) is 17.2 Å². The van der Waals surface area contributed by atoms with Gasteiger partial charge in [-0.1, -0.05) is 42.6 Å². The van der Waals surface area contributed by atoms with E-state index in [2.05, 4.69) is 24.0 Å². The summed E-state index contributed by atoms with van der Waals surface area (Å²) in [5.74, 6) is 0.836. The predicted molar refractivity (Wildman–Crippen MR) is 110 cm³/mol. The monoisotopic (exact) mass is 401 g/mol. The maximum Gasteiger partial charge on any atom is 0.169 e. The van der Waals surface area contributed by atoms with Crippen molar-refractivity contribution in [1.29, 1.82) is 0 Å². The number of aromatic hydroxyl groups is 1. The summed E-state index contributed by atoms with van der Waals surface area (Å²) in [7, 11) is 0. The zero-order valence-corrected chi connectivity index (χ0v) is 16.6. The first-order valence-corrected chi connectivity index (χ1v) is 9.69. The van der Waals surface area contributed by atoms with E-state index in [1.165, 1.54) is 18.4 Å². The Morgan fingerprint density at radius 3 is 2.52 bits per heavy atom. The molecule has 0 bridgehead atoms. The molecule has 3 aromatic rings. The van der Waals surface area contributed by atoms with E-state index < -0.39 is 0 Å². The number of phenols is 1. The molecule has 2 aromatic carbocycles. The Kier molecular flexibility index (Phi) is 6.59. The van der Waals surface area contributed by atoms with Gasteiger partial charge in [0.05, 0.1) is 5.02 Å². The molecule has 0 amide bonds. The molecule has 1 heterocycles. The van der Waals surface area contributed by atoms with Crippen molar-refractivity contribution in [2.24, 2.45) is 0 Å².